The van der Waals surface area contributed by atoms with E-state index in [1.54, 1.807) is 0 Å². The second kappa shape index (κ2) is 7.41. The number of nitrogens with zero attached hydrogens (tertiary/aromatic N) is 2. The van der Waals surface area contributed by atoms with Crippen LogP contribution in [0.15, 0.2) is 0 Å². The Hall–Kier alpha value is -0.610. The summed E-state index contributed by atoms with van der Waals surface area (Å²) < 4.78 is 0. The van der Waals surface area contributed by atoms with Crippen molar-refractivity contribution < 1.29 is 4.79 Å². The fourth-order valence-corrected chi connectivity index (χ4v) is 3.82. The second-order valence-electron chi connectivity index (χ2n) is 6.39. The first kappa shape index (κ1) is 15.8. The zero-order chi connectivity index (χ0) is 14.5. The maximum atomic E-state index is 12.5. The van der Waals surface area contributed by atoms with Gasteiger partial charge >= 0.3 is 0 Å². The van der Waals surface area contributed by atoms with Crippen LogP contribution in [0.2, 0.25) is 0 Å². The fraction of sp³-hybridized carbons (Fsp3) is 0.938. The van der Waals surface area contributed by atoms with Crippen LogP contribution in [0.5, 0.6) is 0 Å². The summed E-state index contributed by atoms with van der Waals surface area (Å²) >= 11 is 0. The molecule has 0 atom stereocenters. The van der Waals surface area contributed by atoms with E-state index < -0.39 is 0 Å². The molecule has 0 unspecified atom stereocenters. The molecule has 0 spiro atoms. The standard InChI is InChI=1S/C16H31N3O/c1-3-18(4-2)15-9-11-19(12-10-15)16(20)13-5-7-14(17)8-6-13/h13-15H,3-12,17H2,1-2H3. The minimum absolute atomic E-state index is 0.250. The van der Waals surface area contributed by atoms with Gasteiger partial charge in [0.1, 0.15) is 0 Å². The Labute approximate surface area is 123 Å². The molecule has 4 heteroatoms. The zero-order valence-electron chi connectivity index (χ0n) is 13.2. The van der Waals surface area contributed by atoms with Crippen LogP contribution in [0, 0.1) is 5.92 Å². The van der Waals surface area contributed by atoms with Gasteiger partial charge < -0.3 is 15.5 Å². The largest absolute Gasteiger partial charge is 0.342 e. The number of likely N-dealkylation sites (tertiary alicyclic amines) is 1. The molecule has 0 aromatic carbocycles. The molecular weight excluding hydrogens is 250 g/mol. The molecule has 20 heavy (non-hydrogen) atoms. The summed E-state index contributed by atoms with van der Waals surface area (Å²) in [6.07, 6.45) is 6.31. The highest BCUT2D eigenvalue weighted by atomic mass is 16.2. The van der Waals surface area contributed by atoms with E-state index in [1.807, 2.05) is 0 Å². The first-order valence-electron chi connectivity index (χ1n) is 8.44. The molecule has 0 aromatic rings. The molecule has 1 saturated carbocycles. The van der Waals surface area contributed by atoms with Crippen LogP contribution >= 0.6 is 0 Å². The molecule has 4 nitrogen and oxygen atoms in total. The lowest BCUT2D eigenvalue weighted by molar-refractivity contribution is -0.138. The number of carbonyl (C=O) groups excluding carboxylic acids is 1. The topological polar surface area (TPSA) is 49.6 Å². The summed E-state index contributed by atoms with van der Waals surface area (Å²) in [4.78, 5) is 17.2. The molecule has 1 aliphatic carbocycles. The Balaban J connectivity index is 1.79. The molecule has 1 saturated heterocycles. The molecule has 2 aliphatic rings. The highest BCUT2D eigenvalue weighted by Gasteiger charge is 2.31. The first-order valence-corrected chi connectivity index (χ1v) is 8.44. The van der Waals surface area contributed by atoms with E-state index in [0.717, 1.165) is 64.7 Å². The molecule has 2 rings (SSSR count). The van der Waals surface area contributed by atoms with E-state index in [4.69, 9.17) is 5.73 Å². The van der Waals surface area contributed by atoms with Gasteiger partial charge in [0.25, 0.3) is 0 Å². The van der Waals surface area contributed by atoms with Crippen LogP contribution in [-0.4, -0.2) is 54.0 Å². The van der Waals surface area contributed by atoms with Gasteiger partial charge in [0.15, 0.2) is 0 Å². The number of nitrogens with two attached hydrogens (primary N) is 1. The number of piperidine rings is 1. The Kier molecular flexibility index (Phi) is 5.85. The van der Waals surface area contributed by atoms with Crippen molar-refractivity contribution in [3.8, 4) is 0 Å². The Morgan fingerprint density at radius 3 is 2.10 bits per heavy atom. The van der Waals surface area contributed by atoms with Crippen molar-refractivity contribution in [3.63, 3.8) is 0 Å². The van der Waals surface area contributed by atoms with Gasteiger partial charge in [0, 0.05) is 31.1 Å². The van der Waals surface area contributed by atoms with Crippen molar-refractivity contribution in [1.29, 1.82) is 0 Å². The monoisotopic (exact) mass is 281 g/mol. The van der Waals surface area contributed by atoms with Crippen molar-refractivity contribution in [2.75, 3.05) is 26.2 Å². The van der Waals surface area contributed by atoms with Gasteiger partial charge in [-0.25, -0.2) is 0 Å². The zero-order valence-corrected chi connectivity index (χ0v) is 13.2. The van der Waals surface area contributed by atoms with Gasteiger partial charge in [0.05, 0.1) is 0 Å². The van der Waals surface area contributed by atoms with Gasteiger partial charge in [-0.1, -0.05) is 13.8 Å². The second-order valence-corrected chi connectivity index (χ2v) is 6.39. The summed E-state index contributed by atoms with van der Waals surface area (Å²) in [6, 6.07) is 1.00. The molecule has 1 amide bonds. The van der Waals surface area contributed by atoms with Gasteiger partial charge in [-0.15, -0.1) is 0 Å². The average Bonchev–Trinajstić information content (AvgIpc) is 2.49. The van der Waals surface area contributed by atoms with Crippen LogP contribution in [0.1, 0.15) is 52.4 Å². The summed E-state index contributed by atoms with van der Waals surface area (Å²) in [6.45, 7) is 8.59. The molecular formula is C16H31N3O. The lowest BCUT2D eigenvalue weighted by Crippen LogP contribution is -2.48. The minimum Gasteiger partial charge on any atom is -0.342 e. The number of hydrogen-bond acceptors (Lipinski definition) is 3. The van der Waals surface area contributed by atoms with E-state index in [1.165, 1.54) is 0 Å². The van der Waals surface area contributed by atoms with E-state index in [-0.39, 0.29) is 5.92 Å². The molecule has 2 N–H and O–H groups in total. The maximum absolute atomic E-state index is 12.5. The van der Waals surface area contributed by atoms with Gasteiger partial charge in [-0.3, -0.25) is 4.79 Å². The van der Waals surface area contributed by atoms with Crippen molar-refractivity contribution in [1.82, 2.24) is 9.80 Å². The van der Waals surface area contributed by atoms with E-state index in [0.29, 0.717) is 18.0 Å². The molecule has 0 radical (unpaired) electrons. The van der Waals surface area contributed by atoms with Gasteiger partial charge in [-0.2, -0.15) is 0 Å². The summed E-state index contributed by atoms with van der Waals surface area (Å²) in [5, 5.41) is 0. The third kappa shape index (κ3) is 3.73. The van der Waals surface area contributed by atoms with Crippen LogP contribution < -0.4 is 5.73 Å². The molecule has 0 bridgehead atoms. The van der Waals surface area contributed by atoms with Crippen LogP contribution in [0.3, 0.4) is 0 Å². The number of hydrogen-bond donors (Lipinski definition) is 1. The Bertz CT molecular complexity index is 301. The average molecular weight is 281 g/mol. The number of carbonyl (C=O) groups is 1. The molecule has 1 heterocycles. The quantitative estimate of drug-likeness (QED) is 0.855. The summed E-state index contributed by atoms with van der Waals surface area (Å²) in [5.41, 5.74) is 5.93. The van der Waals surface area contributed by atoms with Crippen LogP contribution in [0.25, 0.3) is 0 Å². The van der Waals surface area contributed by atoms with Crippen LogP contribution in [0.4, 0.5) is 0 Å². The smallest absolute Gasteiger partial charge is 0.225 e. The highest BCUT2D eigenvalue weighted by molar-refractivity contribution is 5.79. The fourth-order valence-electron chi connectivity index (χ4n) is 3.82. The third-order valence-corrected chi connectivity index (χ3v) is 5.23. The summed E-state index contributed by atoms with van der Waals surface area (Å²) in [7, 11) is 0. The summed E-state index contributed by atoms with van der Waals surface area (Å²) in [5.74, 6) is 0.648. The Morgan fingerprint density at radius 1 is 1.05 bits per heavy atom. The lowest BCUT2D eigenvalue weighted by atomic mass is 9.85. The van der Waals surface area contributed by atoms with E-state index in [9.17, 15) is 4.79 Å². The van der Waals surface area contributed by atoms with Crippen molar-refractivity contribution in [2.45, 2.75) is 64.5 Å². The molecule has 0 aromatic heterocycles. The van der Waals surface area contributed by atoms with Crippen molar-refractivity contribution in [3.05, 3.63) is 0 Å². The maximum Gasteiger partial charge on any atom is 0.225 e. The van der Waals surface area contributed by atoms with Crippen LogP contribution in [-0.2, 0) is 4.79 Å². The van der Waals surface area contributed by atoms with E-state index in [2.05, 4.69) is 23.6 Å². The predicted molar refractivity (Wildman–Crippen MR) is 82.5 cm³/mol. The van der Waals surface area contributed by atoms with Gasteiger partial charge in [0.2, 0.25) is 5.91 Å². The third-order valence-electron chi connectivity index (χ3n) is 5.23. The van der Waals surface area contributed by atoms with Gasteiger partial charge in [-0.05, 0) is 51.6 Å². The van der Waals surface area contributed by atoms with Crippen molar-refractivity contribution >= 4 is 5.91 Å². The lowest BCUT2D eigenvalue weighted by Gasteiger charge is -2.39. The SMILES string of the molecule is CCN(CC)C1CCN(C(=O)C2CCC(N)CC2)CC1. The molecule has 2 fully saturated rings. The molecule has 116 valence electrons. The number of amides is 1. The van der Waals surface area contributed by atoms with Crippen molar-refractivity contribution in [2.24, 2.45) is 11.7 Å². The normalized spacial score (nSPS) is 28.9. The van der Waals surface area contributed by atoms with E-state index >= 15 is 0 Å². The highest BCUT2D eigenvalue weighted by Crippen LogP contribution is 2.26. The molecule has 1 aliphatic heterocycles. The number of rotatable bonds is 4. The predicted octanol–water partition coefficient (Wildman–Crippen LogP) is 1.84. The Morgan fingerprint density at radius 2 is 1.60 bits per heavy atom. The first-order chi connectivity index (χ1) is 9.65. The minimum atomic E-state index is 0.250.